The number of benzene rings is 2. The van der Waals surface area contributed by atoms with Crippen LogP contribution >= 0.6 is 15.9 Å². The molecule has 0 saturated heterocycles. The molecule has 0 nitrogen and oxygen atoms in total. The summed E-state index contributed by atoms with van der Waals surface area (Å²) in [4.78, 5) is 0. The molecule has 0 bridgehead atoms. The van der Waals surface area contributed by atoms with Gasteiger partial charge in [-0.3, -0.25) is 0 Å². The summed E-state index contributed by atoms with van der Waals surface area (Å²) in [6, 6.07) is 19.8. The summed E-state index contributed by atoms with van der Waals surface area (Å²) in [7, 11) is 0. The Hall–Kier alpha value is -1.08. The van der Waals surface area contributed by atoms with Crippen molar-refractivity contribution in [2.45, 2.75) is 25.7 Å². The molecule has 3 rings (SSSR count). The highest BCUT2D eigenvalue weighted by Gasteiger charge is 2.43. The van der Waals surface area contributed by atoms with Crippen molar-refractivity contribution in [3.63, 3.8) is 0 Å². The summed E-state index contributed by atoms with van der Waals surface area (Å²) in [5, 5.41) is 1.11. The van der Waals surface area contributed by atoms with Gasteiger partial charge in [-0.15, -0.1) is 0 Å². The zero-order valence-electron chi connectivity index (χ0n) is 11.9. The SMILES string of the molecule is Cc1ccccc1CC(CBr)C1CC1c1ccccc1. The Morgan fingerprint density at radius 1 is 1.05 bits per heavy atom. The molecule has 104 valence electrons. The summed E-state index contributed by atoms with van der Waals surface area (Å²) in [6.07, 6.45) is 2.55. The second kappa shape index (κ2) is 6.13. The predicted octanol–water partition coefficient (Wildman–Crippen LogP) is 5.35. The van der Waals surface area contributed by atoms with E-state index < -0.39 is 0 Å². The van der Waals surface area contributed by atoms with Crippen LogP contribution in [0.5, 0.6) is 0 Å². The van der Waals surface area contributed by atoms with Crippen molar-refractivity contribution in [3.05, 3.63) is 71.3 Å². The molecule has 1 fully saturated rings. The summed E-state index contributed by atoms with van der Waals surface area (Å²) < 4.78 is 0. The Morgan fingerprint density at radius 2 is 1.75 bits per heavy atom. The van der Waals surface area contributed by atoms with Crippen LogP contribution in [0.4, 0.5) is 0 Å². The van der Waals surface area contributed by atoms with Gasteiger partial charge < -0.3 is 0 Å². The van der Waals surface area contributed by atoms with Crippen LogP contribution in [-0.4, -0.2) is 5.33 Å². The van der Waals surface area contributed by atoms with Crippen LogP contribution < -0.4 is 0 Å². The minimum atomic E-state index is 0.751. The molecular formula is C19H21Br. The average molecular weight is 329 g/mol. The maximum Gasteiger partial charge on any atom is 0.00657 e. The van der Waals surface area contributed by atoms with Gasteiger partial charge in [-0.25, -0.2) is 0 Å². The molecule has 1 heteroatoms. The molecule has 1 aliphatic rings. The van der Waals surface area contributed by atoms with E-state index >= 15 is 0 Å². The zero-order valence-corrected chi connectivity index (χ0v) is 13.5. The molecule has 0 radical (unpaired) electrons. The molecule has 1 saturated carbocycles. The van der Waals surface area contributed by atoms with Crippen molar-refractivity contribution in [1.29, 1.82) is 0 Å². The van der Waals surface area contributed by atoms with Crippen molar-refractivity contribution in [3.8, 4) is 0 Å². The molecule has 0 aromatic heterocycles. The predicted molar refractivity (Wildman–Crippen MR) is 89.5 cm³/mol. The Morgan fingerprint density at radius 3 is 2.45 bits per heavy atom. The van der Waals surface area contributed by atoms with Gasteiger partial charge in [0.15, 0.2) is 0 Å². The number of halogens is 1. The van der Waals surface area contributed by atoms with Crippen LogP contribution in [0.3, 0.4) is 0 Å². The van der Waals surface area contributed by atoms with Crippen LogP contribution in [-0.2, 0) is 6.42 Å². The third-order valence-corrected chi connectivity index (χ3v) is 5.45. The first-order chi connectivity index (χ1) is 9.79. The summed E-state index contributed by atoms with van der Waals surface area (Å²) in [6.45, 7) is 2.22. The van der Waals surface area contributed by atoms with Crippen LogP contribution in [0.25, 0.3) is 0 Å². The Kier molecular flexibility index (Phi) is 4.26. The van der Waals surface area contributed by atoms with Gasteiger partial charge in [0.05, 0.1) is 0 Å². The molecular weight excluding hydrogens is 308 g/mol. The smallest absolute Gasteiger partial charge is 0.00657 e. The first-order valence-electron chi connectivity index (χ1n) is 7.45. The van der Waals surface area contributed by atoms with Gasteiger partial charge in [0.1, 0.15) is 0 Å². The molecule has 2 aromatic rings. The number of hydrogen-bond acceptors (Lipinski definition) is 0. The van der Waals surface area contributed by atoms with E-state index in [0.29, 0.717) is 0 Å². The van der Waals surface area contributed by atoms with Gasteiger partial charge in [-0.2, -0.15) is 0 Å². The van der Waals surface area contributed by atoms with Crippen molar-refractivity contribution in [2.24, 2.45) is 11.8 Å². The minimum absolute atomic E-state index is 0.751. The molecule has 0 spiro atoms. The van der Waals surface area contributed by atoms with E-state index in [1.807, 2.05) is 0 Å². The lowest BCUT2D eigenvalue weighted by Gasteiger charge is -2.16. The third kappa shape index (κ3) is 2.98. The van der Waals surface area contributed by atoms with E-state index in [1.165, 1.54) is 29.5 Å². The van der Waals surface area contributed by atoms with Crippen molar-refractivity contribution < 1.29 is 0 Å². The topological polar surface area (TPSA) is 0 Å². The maximum absolute atomic E-state index is 3.74. The van der Waals surface area contributed by atoms with Gasteiger partial charge in [0.25, 0.3) is 0 Å². The van der Waals surface area contributed by atoms with Crippen molar-refractivity contribution >= 4 is 15.9 Å². The van der Waals surface area contributed by atoms with E-state index in [1.54, 1.807) is 0 Å². The van der Waals surface area contributed by atoms with E-state index in [-0.39, 0.29) is 0 Å². The highest BCUT2D eigenvalue weighted by molar-refractivity contribution is 9.09. The van der Waals surface area contributed by atoms with Gasteiger partial charge in [0, 0.05) is 5.33 Å². The molecule has 2 aromatic carbocycles. The normalized spacial score (nSPS) is 22.5. The summed E-state index contributed by atoms with van der Waals surface area (Å²) in [5.41, 5.74) is 4.46. The monoisotopic (exact) mass is 328 g/mol. The Bertz CT molecular complexity index is 561. The fraction of sp³-hybridized carbons (Fsp3) is 0.368. The lowest BCUT2D eigenvalue weighted by atomic mass is 9.92. The average Bonchev–Trinajstić information content (AvgIpc) is 3.28. The Labute approximate surface area is 130 Å². The number of hydrogen-bond donors (Lipinski definition) is 0. The standard InChI is InChI=1S/C19H21Br/c1-14-7-5-6-10-16(14)11-17(13-20)19-12-18(19)15-8-3-2-4-9-15/h2-10,17-19H,11-13H2,1H3. The number of alkyl halides is 1. The lowest BCUT2D eigenvalue weighted by Crippen LogP contribution is -2.10. The first kappa shape index (κ1) is 13.9. The van der Waals surface area contributed by atoms with Gasteiger partial charge in [0.2, 0.25) is 0 Å². The highest BCUT2D eigenvalue weighted by atomic mass is 79.9. The largest absolute Gasteiger partial charge is 0.0925 e. The van der Waals surface area contributed by atoms with Crippen molar-refractivity contribution in [2.75, 3.05) is 5.33 Å². The van der Waals surface area contributed by atoms with Crippen molar-refractivity contribution in [1.82, 2.24) is 0 Å². The maximum atomic E-state index is 3.74. The van der Waals surface area contributed by atoms with E-state index in [2.05, 4.69) is 77.5 Å². The molecule has 0 N–H and O–H groups in total. The van der Waals surface area contributed by atoms with Crippen LogP contribution in [0.1, 0.15) is 29.0 Å². The number of rotatable bonds is 5. The summed E-state index contributed by atoms with van der Waals surface area (Å²) in [5.74, 6) is 2.38. The van der Waals surface area contributed by atoms with E-state index in [4.69, 9.17) is 0 Å². The molecule has 0 heterocycles. The van der Waals surface area contributed by atoms with E-state index in [0.717, 1.165) is 23.1 Å². The second-order valence-electron chi connectivity index (χ2n) is 5.96. The second-order valence-corrected chi connectivity index (χ2v) is 6.61. The van der Waals surface area contributed by atoms with Gasteiger partial charge >= 0.3 is 0 Å². The Balaban J connectivity index is 1.69. The molecule has 1 aliphatic carbocycles. The summed E-state index contributed by atoms with van der Waals surface area (Å²) >= 11 is 3.74. The van der Waals surface area contributed by atoms with Crippen LogP contribution in [0.15, 0.2) is 54.6 Å². The highest BCUT2D eigenvalue weighted by Crippen LogP contribution is 2.53. The first-order valence-corrected chi connectivity index (χ1v) is 8.57. The van der Waals surface area contributed by atoms with Gasteiger partial charge in [-0.05, 0) is 54.2 Å². The third-order valence-electron chi connectivity index (χ3n) is 4.61. The van der Waals surface area contributed by atoms with Gasteiger partial charge in [-0.1, -0.05) is 70.5 Å². The molecule has 0 amide bonds. The lowest BCUT2D eigenvalue weighted by molar-refractivity contribution is 0.506. The molecule has 0 aliphatic heterocycles. The van der Waals surface area contributed by atoms with E-state index in [9.17, 15) is 0 Å². The minimum Gasteiger partial charge on any atom is -0.0925 e. The number of aryl methyl sites for hydroxylation is 1. The zero-order chi connectivity index (χ0) is 13.9. The fourth-order valence-corrected chi connectivity index (χ4v) is 3.97. The van der Waals surface area contributed by atoms with Crippen LogP contribution in [0, 0.1) is 18.8 Å². The molecule has 3 atom stereocenters. The quantitative estimate of drug-likeness (QED) is 0.649. The molecule has 3 unspecified atom stereocenters. The molecule has 20 heavy (non-hydrogen) atoms. The van der Waals surface area contributed by atoms with Crippen LogP contribution in [0.2, 0.25) is 0 Å². The fourth-order valence-electron chi connectivity index (χ4n) is 3.26.